The van der Waals surface area contributed by atoms with Gasteiger partial charge in [0.1, 0.15) is 0 Å². The molecule has 0 saturated carbocycles. The van der Waals surface area contributed by atoms with Crippen molar-refractivity contribution in [3.05, 3.63) is 22.4 Å². The van der Waals surface area contributed by atoms with E-state index in [1.54, 1.807) is 0 Å². The van der Waals surface area contributed by atoms with Crippen LogP contribution >= 0.6 is 11.3 Å². The molecule has 0 aliphatic heterocycles. The van der Waals surface area contributed by atoms with E-state index in [4.69, 9.17) is 0 Å². The number of hydrogen-bond donors (Lipinski definition) is 1. The van der Waals surface area contributed by atoms with Crippen LogP contribution in [-0.4, -0.2) is 6.04 Å². The van der Waals surface area contributed by atoms with Crippen molar-refractivity contribution in [2.24, 2.45) is 0 Å². The summed E-state index contributed by atoms with van der Waals surface area (Å²) in [6.07, 6.45) is 6.76. The molecule has 0 aliphatic carbocycles. The first-order chi connectivity index (χ1) is 7.74. The molecular formula is C14H25NS. The summed E-state index contributed by atoms with van der Waals surface area (Å²) >= 11 is 1.84. The van der Waals surface area contributed by atoms with E-state index in [0.717, 1.165) is 0 Å². The highest BCUT2D eigenvalue weighted by Gasteiger charge is 2.09. The summed E-state index contributed by atoms with van der Waals surface area (Å²) in [6.45, 7) is 6.82. The Kier molecular flexibility index (Phi) is 6.74. The van der Waals surface area contributed by atoms with Crippen LogP contribution in [0.3, 0.4) is 0 Å². The first kappa shape index (κ1) is 13.7. The maximum absolute atomic E-state index is 3.67. The molecule has 1 aromatic heterocycles. The molecule has 1 nitrogen and oxygen atoms in total. The Balaban J connectivity index is 2.16. The number of nitrogens with one attached hydrogen (secondary N) is 1. The SMILES string of the molecule is CCCCCCC(C)NC(C)c1cccs1. The Morgan fingerprint density at radius 1 is 1.25 bits per heavy atom. The van der Waals surface area contributed by atoms with E-state index < -0.39 is 0 Å². The normalized spacial score (nSPS) is 14.9. The molecule has 0 fully saturated rings. The number of hydrogen-bond acceptors (Lipinski definition) is 2. The minimum Gasteiger partial charge on any atom is -0.307 e. The monoisotopic (exact) mass is 239 g/mol. The topological polar surface area (TPSA) is 12.0 Å². The molecule has 92 valence electrons. The quantitative estimate of drug-likeness (QED) is 0.645. The van der Waals surface area contributed by atoms with E-state index in [1.807, 2.05) is 11.3 Å². The van der Waals surface area contributed by atoms with Gasteiger partial charge in [-0.05, 0) is 31.7 Å². The molecular weight excluding hydrogens is 214 g/mol. The Morgan fingerprint density at radius 3 is 2.69 bits per heavy atom. The summed E-state index contributed by atoms with van der Waals surface area (Å²) in [5.41, 5.74) is 0. The summed E-state index contributed by atoms with van der Waals surface area (Å²) in [4.78, 5) is 1.44. The van der Waals surface area contributed by atoms with Crippen molar-refractivity contribution >= 4 is 11.3 Å². The molecule has 2 atom stereocenters. The zero-order valence-corrected chi connectivity index (χ0v) is 11.6. The van der Waals surface area contributed by atoms with Crippen LogP contribution < -0.4 is 5.32 Å². The highest BCUT2D eigenvalue weighted by molar-refractivity contribution is 7.10. The van der Waals surface area contributed by atoms with Crippen molar-refractivity contribution in [1.82, 2.24) is 5.32 Å². The van der Waals surface area contributed by atoms with E-state index in [-0.39, 0.29) is 0 Å². The zero-order valence-electron chi connectivity index (χ0n) is 10.8. The second kappa shape index (κ2) is 7.86. The Hall–Kier alpha value is -0.340. The summed E-state index contributed by atoms with van der Waals surface area (Å²) in [5, 5.41) is 5.82. The second-order valence-electron chi connectivity index (χ2n) is 4.65. The van der Waals surface area contributed by atoms with Crippen LogP contribution in [0.5, 0.6) is 0 Å². The highest BCUT2D eigenvalue weighted by Crippen LogP contribution is 2.19. The Bertz CT molecular complexity index is 256. The fourth-order valence-electron chi connectivity index (χ4n) is 2.01. The first-order valence-electron chi connectivity index (χ1n) is 6.53. The predicted molar refractivity (Wildman–Crippen MR) is 74.1 cm³/mol. The van der Waals surface area contributed by atoms with Gasteiger partial charge in [-0.1, -0.05) is 38.7 Å². The van der Waals surface area contributed by atoms with E-state index in [0.29, 0.717) is 12.1 Å². The van der Waals surface area contributed by atoms with Gasteiger partial charge in [0.05, 0.1) is 0 Å². The van der Waals surface area contributed by atoms with E-state index >= 15 is 0 Å². The first-order valence-corrected chi connectivity index (χ1v) is 7.41. The van der Waals surface area contributed by atoms with Crippen molar-refractivity contribution in [3.8, 4) is 0 Å². The summed E-state index contributed by atoms with van der Waals surface area (Å²) in [6, 6.07) is 5.48. The largest absolute Gasteiger partial charge is 0.307 e. The molecule has 0 radical (unpaired) electrons. The molecule has 0 amide bonds. The maximum atomic E-state index is 3.67. The summed E-state index contributed by atoms with van der Waals surface area (Å²) in [7, 11) is 0. The van der Waals surface area contributed by atoms with Gasteiger partial charge in [0.15, 0.2) is 0 Å². The molecule has 0 saturated heterocycles. The Labute approximate surface area is 104 Å². The highest BCUT2D eigenvalue weighted by atomic mass is 32.1. The summed E-state index contributed by atoms with van der Waals surface area (Å²) in [5.74, 6) is 0. The minimum absolute atomic E-state index is 0.501. The maximum Gasteiger partial charge on any atom is 0.0388 e. The second-order valence-corrected chi connectivity index (χ2v) is 5.63. The van der Waals surface area contributed by atoms with E-state index in [1.165, 1.54) is 37.0 Å². The summed E-state index contributed by atoms with van der Waals surface area (Å²) < 4.78 is 0. The molecule has 0 bridgehead atoms. The fraction of sp³-hybridized carbons (Fsp3) is 0.714. The average molecular weight is 239 g/mol. The lowest BCUT2D eigenvalue weighted by atomic mass is 10.1. The molecule has 2 heteroatoms. The van der Waals surface area contributed by atoms with Gasteiger partial charge in [-0.15, -0.1) is 11.3 Å². The predicted octanol–water partition coefficient (Wildman–Crippen LogP) is 4.76. The third-order valence-corrected chi connectivity index (χ3v) is 4.05. The molecule has 1 heterocycles. The molecule has 1 rings (SSSR count). The van der Waals surface area contributed by atoms with Crippen LogP contribution in [0.4, 0.5) is 0 Å². The lowest BCUT2D eigenvalue weighted by Crippen LogP contribution is -2.28. The van der Waals surface area contributed by atoms with Crippen LogP contribution in [0, 0.1) is 0 Å². The molecule has 1 aromatic rings. The number of thiophene rings is 1. The van der Waals surface area contributed by atoms with Gasteiger partial charge >= 0.3 is 0 Å². The van der Waals surface area contributed by atoms with Crippen molar-refractivity contribution in [2.45, 2.75) is 65.0 Å². The van der Waals surface area contributed by atoms with Gasteiger partial charge in [0.2, 0.25) is 0 Å². The van der Waals surface area contributed by atoms with Crippen molar-refractivity contribution in [3.63, 3.8) is 0 Å². The van der Waals surface area contributed by atoms with Crippen molar-refractivity contribution in [2.75, 3.05) is 0 Å². The average Bonchev–Trinajstić information content (AvgIpc) is 2.77. The lowest BCUT2D eigenvalue weighted by Gasteiger charge is -2.19. The van der Waals surface area contributed by atoms with Gasteiger partial charge in [-0.25, -0.2) is 0 Å². The molecule has 16 heavy (non-hydrogen) atoms. The van der Waals surface area contributed by atoms with Gasteiger partial charge < -0.3 is 5.32 Å². The van der Waals surface area contributed by atoms with E-state index in [9.17, 15) is 0 Å². The van der Waals surface area contributed by atoms with Gasteiger partial charge in [0, 0.05) is 17.0 Å². The Morgan fingerprint density at radius 2 is 2.06 bits per heavy atom. The van der Waals surface area contributed by atoms with Gasteiger partial charge in [0.25, 0.3) is 0 Å². The van der Waals surface area contributed by atoms with Crippen LogP contribution in [0.25, 0.3) is 0 Å². The van der Waals surface area contributed by atoms with Crippen LogP contribution in [0.15, 0.2) is 17.5 Å². The zero-order chi connectivity index (χ0) is 11.8. The molecule has 0 aliphatic rings. The fourth-order valence-corrected chi connectivity index (χ4v) is 2.75. The van der Waals surface area contributed by atoms with Crippen LogP contribution in [0.1, 0.15) is 63.8 Å². The van der Waals surface area contributed by atoms with Crippen molar-refractivity contribution in [1.29, 1.82) is 0 Å². The molecule has 0 aromatic carbocycles. The number of rotatable bonds is 8. The third kappa shape index (κ3) is 5.13. The van der Waals surface area contributed by atoms with Gasteiger partial charge in [-0.2, -0.15) is 0 Å². The minimum atomic E-state index is 0.501. The van der Waals surface area contributed by atoms with E-state index in [2.05, 4.69) is 43.6 Å². The lowest BCUT2D eigenvalue weighted by molar-refractivity contribution is 0.441. The van der Waals surface area contributed by atoms with Crippen LogP contribution in [-0.2, 0) is 0 Å². The van der Waals surface area contributed by atoms with Gasteiger partial charge in [-0.3, -0.25) is 0 Å². The third-order valence-electron chi connectivity index (χ3n) is 3.00. The standard InChI is InChI=1S/C14H25NS/c1-4-5-6-7-9-12(2)15-13(3)14-10-8-11-16-14/h8,10-13,15H,4-7,9H2,1-3H3. The smallest absolute Gasteiger partial charge is 0.0388 e. The van der Waals surface area contributed by atoms with Crippen molar-refractivity contribution < 1.29 is 0 Å². The number of unbranched alkanes of at least 4 members (excludes halogenated alkanes) is 3. The van der Waals surface area contributed by atoms with Crippen LogP contribution in [0.2, 0.25) is 0 Å². The molecule has 2 unspecified atom stereocenters. The molecule has 1 N–H and O–H groups in total. The molecule has 0 spiro atoms.